The van der Waals surface area contributed by atoms with Crippen LogP contribution in [0.5, 0.6) is 11.5 Å². The molecule has 32 heavy (non-hydrogen) atoms. The zero-order valence-electron chi connectivity index (χ0n) is 18.5. The highest BCUT2D eigenvalue weighted by atomic mass is 32.1. The number of hydrogen-bond donors (Lipinski definition) is 2. The van der Waals surface area contributed by atoms with Crippen LogP contribution in [0.4, 0.5) is 22.3 Å². The summed E-state index contributed by atoms with van der Waals surface area (Å²) in [7, 11) is 0. The number of nitrogens with zero attached hydrogens (tertiary/aromatic N) is 3. The lowest BCUT2D eigenvalue weighted by Gasteiger charge is -2.38. The molecule has 0 bridgehead atoms. The van der Waals surface area contributed by atoms with E-state index in [9.17, 15) is 0 Å². The monoisotopic (exact) mass is 451 g/mol. The molecule has 1 atom stereocenters. The van der Waals surface area contributed by atoms with Gasteiger partial charge in [0.05, 0.1) is 4.88 Å². The lowest BCUT2D eigenvalue weighted by Crippen LogP contribution is -2.48. The third-order valence-electron chi connectivity index (χ3n) is 6.01. The van der Waals surface area contributed by atoms with Crippen molar-refractivity contribution >= 4 is 33.7 Å². The number of nitrogens with two attached hydrogens (primary N) is 1. The fourth-order valence-electron chi connectivity index (χ4n) is 4.15. The highest BCUT2D eigenvalue weighted by Crippen LogP contribution is 2.40. The summed E-state index contributed by atoms with van der Waals surface area (Å²) in [5.74, 6) is 1.97. The van der Waals surface area contributed by atoms with Crippen molar-refractivity contribution in [2.24, 2.45) is 0 Å². The number of anilines is 4. The minimum absolute atomic E-state index is 0.259. The first-order valence-corrected chi connectivity index (χ1v) is 11.9. The second-order valence-electron chi connectivity index (χ2n) is 8.42. The molecular weight excluding hydrogens is 422 g/mol. The molecule has 3 N–H and O–H groups in total. The molecular formula is C24H29N5O2S. The van der Waals surface area contributed by atoms with Gasteiger partial charge < -0.3 is 25.4 Å². The minimum atomic E-state index is -0.259. The van der Waals surface area contributed by atoms with Gasteiger partial charge in [-0.25, -0.2) is 4.98 Å². The second kappa shape index (κ2) is 8.88. The van der Waals surface area contributed by atoms with Crippen LogP contribution in [0, 0.1) is 0 Å². The maximum absolute atomic E-state index is 6.21. The molecule has 8 heteroatoms. The molecule has 1 fully saturated rings. The third-order valence-corrected chi connectivity index (χ3v) is 7.09. The molecule has 1 unspecified atom stereocenters. The highest BCUT2D eigenvalue weighted by molar-refractivity contribution is 7.16. The number of aromatic nitrogens is 1. The van der Waals surface area contributed by atoms with E-state index in [4.69, 9.17) is 15.2 Å². The Morgan fingerprint density at radius 3 is 2.47 bits per heavy atom. The zero-order chi connectivity index (χ0) is 22.1. The SMILES string of the molecule is CC(C)N1CCN(c2ccc(Nc3nc(N)c(C4COc5ccccc5O4)s3)cc2)CC1. The van der Waals surface area contributed by atoms with E-state index in [1.54, 1.807) is 0 Å². The van der Waals surface area contributed by atoms with Gasteiger partial charge >= 0.3 is 0 Å². The summed E-state index contributed by atoms with van der Waals surface area (Å²) in [6.07, 6.45) is -0.259. The van der Waals surface area contributed by atoms with Crippen molar-refractivity contribution in [2.45, 2.75) is 26.0 Å². The number of thiazole rings is 1. The van der Waals surface area contributed by atoms with Gasteiger partial charge in [-0.2, -0.15) is 0 Å². The Balaban J connectivity index is 1.23. The number of benzene rings is 2. The van der Waals surface area contributed by atoms with Gasteiger partial charge in [0.15, 0.2) is 22.7 Å². The van der Waals surface area contributed by atoms with Crippen LogP contribution in [0.2, 0.25) is 0 Å². The molecule has 5 rings (SSSR count). The summed E-state index contributed by atoms with van der Waals surface area (Å²) in [6, 6.07) is 16.8. The summed E-state index contributed by atoms with van der Waals surface area (Å²) in [5, 5.41) is 4.13. The molecule has 0 spiro atoms. The van der Waals surface area contributed by atoms with E-state index in [2.05, 4.69) is 58.2 Å². The van der Waals surface area contributed by atoms with Gasteiger partial charge in [0, 0.05) is 43.6 Å². The minimum Gasteiger partial charge on any atom is -0.485 e. The topological polar surface area (TPSA) is 75.9 Å². The molecule has 1 saturated heterocycles. The molecule has 0 saturated carbocycles. The Kier molecular flexibility index (Phi) is 5.80. The standard InChI is InChI=1S/C24H29N5O2S/c1-16(2)28-11-13-29(14-12-28)18-9-7-17(8-10-18)26-24-27-23(25)22(32-24)21-15-30-19-5-3-4-6-20(19)31-21/h3-10,16,21H,11-15,25H2,1-2H3,(H,26,27). The number of rotatable bonds is 5. The fraction of sp³-hybridized carbons (Fsp3) is 0.375. The van der Waals surface area contributed by atoms with Crippen LogP contribution >= 0.6 is 11.3 Å². The number of ether oxygens (including phenoxy) is 2. The summed E-state index contributed by atoms with van der Waals surface area (Å²) in [4.78, 5) is 10.4. The molecule has 1 aromatic heterocycles. The largest absolute Gasteiger partial charge is 0.485 e. The molecule has 7 nitrogen and oxygen atoms in total. The van der Waals surface area contributed by atoms with Crippen LogP contribution in [0.1, 0.15) is 24.8 Å². The molecule has 0 radical (unpaired) electrons. The van der Waals surface area contributed by atoms with E-state index in [1.165, 1.54) is 17.0 Å². The van der Waals surface area contributed by atoms with Crippen molar-refractivity contribution in [1.29, 1.82) is 0 Å². The Hall–Kier alpha value is -2.97. The van der Waals surface area contributed by atoms with Crippen LogP contribution in [-0.2, 0) is 0 Å². The number of piperazine rings is 1. The van der Waals surface area contributed by atoms with E-state index in [0.717, 1.165) is 53.4 Å². The molecule has 168 valence electrons. The number of nitrogens with one attached hydrogen (secondary N) is 1. The maximum Gasteiger partial charge on any atom is 0.189 e. The Bertz CT molecular complexity index is 1060. The van der Waals surface area contributed by atoms with Crippen LogP contribution in [0.25, 0.3) is 0 Å². The Morgan fingerprint density at radius 1 is 1.03 bits per heavy atom. The predicted octanol–water partition coefficient (Wildman–Crippen LogP) is 4.51. The van der Waals surface area contributed by atoms with Gasteiger partial charge in [-0.15, -0.1) is 0 Å². The normalized spacial score (nSPS) is 18.7. The maximum atomic E-state index is 6.21. The van der Waals surface area contributed by atoms with Gasteiger partial charge in [0.25, 0.3) is 0 Å². The zero-order valence-corrected chi connectivity index (χ0v) is 19.3. The Labute approximate surface area is 192 Å². The van der Waals surface area contributed by atoms with Crippen molar-refractivity contribution in [2.75, 3.05) is 48.7 Å². The first kappa shape index (κ1) is 20.9. The van der Waals surface area contributed by atoms with Crippen molar-refractivity contribution < 1.29 is 9.47 Å². The molecule has 0 aliphatic carbocycles. The van der Waals surface area contributed by atoms with Crippen molar-refractivity contribution in [1.82, 2.24) is 9.88 Å². The molecule has 2 aromatic carbocycles. The second-order valence-corrected chi connectivity index (χ2v) is 9.45. The molecule has 2 aliphatic heterocycles. The van der Waals surface area contributed by atoms with E-state index in [-0.39, 0.29) is 6.10 Å². The average Bonchev–Trinajstić information content (AvgIpc) is 3.19. The molecule has 3 aromatic rings. The van der Waals surface area contributed by atoms with E-state index in [0.29, 0.717) is 18.5 Å². The number of hydrogen-bond acceptors (Lipinski definition) is 8. The lowest BCUT2D eigenvalue weighted by atomic mass is 10.2. The third kappa shape index (κ3) is 4.33. The summed E-state index contributed by atoms with van der Waals surface area (Å²) < 4.78 is 11.9. The quantitative estimate of drug-likeness (QED) is 0.591. The smallest absolute Gasteiger partial charge is 0.189 e. The molecule has 3 heterocycles. The van der Waals surface area contributed by atoms with Crippen LogP contribution < -0.4 is 25.4 Å². The summed E-state index contributed by atoms with van der Waals surface area (Å²) in [5.41, 5.74) is 8.45. The van der Waals surface area contributed by atoms with Gasteiger partial charge in [-0.3, -0.25) is 4.90 Å². The first-order valence-electron chi connectivity index (χ1n) is 11.1. The van der Waals surface area contributed by atoms with Gasteiger partial charge in [-0.05, 0) is 50.2 Å². The summed E-state index contributed by atoms with van der Waals surface area (Å²) >= 11 is 1.50. The summed E-state index contributed by atoms with van der Waals surface area (Å²) in [6.45, 7) is 9.28. The van der Waals surface area contributed by atoms with Gasteiger partial charge in [-0.1, -0.05) is 23.5 Å². The first-order chi connectivity index (χ1) is 15.6. The van der Waals surface area contributed by atoms with Crippen molar-refractivity contribution in [3.8, 4) is 11.5 Å². The average molecular weight is 452 g/mol. The van der Waals surface area contributed by atoms with Gasteiger partial charge in [0.1, 0.15) is 12.4 Å². The van der Waals surface area contributed by atoms with Crippen molar-refractivity contribution in [3.63, 3.8) is 0 Å². The molecule has 0 amide bonds. The van der Waals surface area contributed by atoms with Crippen LogP contribution in [0.3, 0.4) is 0 Å². The highest BCUT2D eigenvalue weighted by Gasteiger charge is 2.27. The van der Waals surface area contributed by atoms with Crippen LogP contribution in [0.15, 0.2) is 48.5 Å². The Morgan fingerprint density at radius 2 is 1.75 bits per heavy atom. The predicted molar refractivity (Wildman–Crippen MR) is 130 cm³/mol. The van der Waals surface area contributed by atoms with Crippen LogP contribution in [-0.4, -0.2) is 48.7 Å². The number of fused-ring (bicyclic) bond motifs is 1. The van der Waals surface area contributed by atoms with Crippen molar-refractivity contribution in [3.05, 3.63) is 53.4 Å². The fourth-order valence-corrected chi connectivity index (χ4v) is 5.07. The van der Waals surface area contributed by atoms with Gasteiger partial charge in [0.2, 0.25) is 0 Å². The van der Waals surface area contributed by atoms with E-state index >= 15 is 0 Å². The number of para-hydroxylation sites is 2. The lowest BCUT2D eigenvalue weighted by molar-refractivity contribution is 0.0941. The van der Waals surface area contributed by atoms with E-state index in [1.807, 2.05) is 24.3 Å². The van der Waals surface area contributed by atoms with E-state index < -0.39 is 0 Å². The molecule has 2 aliphatic rings. The number of nitrogen functional groups attached to an aromatic ring is 1.